The number of halogens is 5. The smallest absolute Gasteiger partial charge is 0.371 e. The van der Waals surface area contributed by atoms with Crippen LogP contribution in [0.25, 0.3) is 0 Å². The molecule has 0 saturated heterocycles. The normalized spacial score (nSPS) is 11.8. The van der Waals surface area contributed by atoms with Crippen LogP contribution in [0.4, 0.5) is 17.6 Å². The van der Waals surface area contributed by atoms with Gasteiger partial charge in [-0.3, -0.25) is 0 Å². The van der Waals surface area contributed by atoms with E-state index >= 15 is 0 Å². The number of ether oxygens (including phenoxy) is 1. The summed E-state index contributed by atoms with van der Waals surface area (Å²) in [6, 6.07) is 4.29. The number of hydrogen-bond donors (Lipinski definition) is 1. The minimum absolute atomic E-state index is 0.106. The molecule has 2 nitrogen and oxygen atoms in total. The highest BCUT2D eigenvalue weighted by atomic mass is 35.5. The van der Waals surface area contributed by atoms with Crippen molar-refractivity contribution >= 4 is 11.6 Å². The second-order valence-electron chi connectivity index (χ2n) is 3.54. The lowest BCUT2D eigenvalue weighted by molar-refractivity contribution is -0.173. The average molecular weight is 286 g/mol. The molecule has 0 heterocycles. The molecular weight excluding hydrogens is 274 g/mol. The fourth-order valence-corrected chi connectivity index (χ4v) is 1.48. The SMILES string of the molecule is Fc1cccc(Cl)c1CNCCOCC(F)(F)F. The van der Waals surface area contributed by atoms with Gasteiger partial charge in [0.2, 0.25) is 0 Å². The first-order valence-corrected chi connectivity index (χ1v) is 5.56. The zero-order valence-corrected chi connectivity index (χ0v) is 10.1. The first kappa shape index (κ1) is 15.2. The Bertz CT molecular complexity index is 364. The van der Waals surface area contributed by atoms with E-state index in [-0.39, 0.29) is 30.3 Å². The molecule has 102 valence electrons. The summed E-state index contributed by atoms with van der Waals surface area (Å²) in [5.74, 6) is -0.453. The lowest BCUT2D eigenvalue weighted by Gasteiger charge is -2.09. The Morgan fingerprint density at radius 3 is 2.61 bits per heavy atom. The van der Waals surface area contributed by atoms with Crippen molar-refractivity contribution in [3.8, 4) is 0 Å². The van der Waals surface area contributed by atoms with Crippen LogP contribution in [-0.4, -0.2) is 25.9 Å². The number of hydrogen-bond acceptors (Lipinski definition) is 2. The van der Waals surface area contributed by atoms with Crippen LogP contribution >= 0.6 is 11.6 Å². The second-order valence-corrected chi connectivity index (χ2v) is 3.95. The molecule has 0 aliphatic heterocycles. The molecule has 0 atom stereocenters. The molecule has 0 bridgehead atoms. The van der Waals surface area contributed by atoms with Crippen LogP contribution in [0.2, 0.25) is 5.02 Å². The van der Waals surface area contributed by atoms with Crippen molar-refractivity contribution in [3.05, 3.63) is 34.6 Å². The van der Waals surface area contributed by atoms with E-state index in [4.69, 9.17) is 11.6 Å². The summed E-state index contributed by atoms with van der Waals surface area (Å²) >= 11 is 5.77. The number of benzene rings is 1. The van der Waals surface area contributed by atoms with Crippen molar-refractivity contribution in [3.63, 3.8) is 0 Å². The van der Waals surface area contributed by atoms with Crippen molar-refractivity contribution in [1.82, 2.24) is 5.32 Å². The fraction of sp³-hybridized carbons (Fsp3) is 0.455. The van der Waals surface area contributed by atoms with E-state index < -0.39 is 18.6 Å². The van der Waals surface area contributed by atoms with Crippen LogP contribution < -0.4 is 5.32 Å². The topological polar surface area (TPSA) is 21.3 Å². The molecule has 1 aromatic rings. The van der Waals surface area contributed by atoms with Gasteiger partial charge in [-0.1, -0.05) is 17.7 Å². The van der Waals surface area contributed by atoms with E-state index in [0.717, 1.165) is 0 Å². The predicted octanol–water partition coefficient (Wildman–Crippen LogP) is 3.15. The van der Waals surface area contributed by atoms with Gasteiger partial charge in [0.15, 0.2) is 0 Å². The average Bonchev–Trinajstić information content (AvgIpc) is 2.25. The molecule has 18 heavy (non-hydrogen) atoms. The number of alkyl halides is 3. The summed E-state index contributed by atoms with van der Waals surface area (Å²) in [5, 5.41) is 3.03. The van der Waals surface area contributed by atoms with Gasteiger partial charge in [0.05, 0.1) is 6.61 Å². The lowest BCUT2D eigenvalue weighted by atomic mass is 10.2. The Balaban J connectivity index is 2.22. The summed E-state index contributed by atoms with van der Waals surface area (Å²) in [6.07, 6.45) is -4.32. The van der Waals surface area contributed by atoms with Gasteiger partial charge < -0.3 is 10.1 Å². The van der Waals surface area contributed by atoms with E-state index in [2.05, 4.69) is 10.1 Å². The van der Waals surface area contributed by atoms with Gasteiger partial charge in [-0.05, 0) is 12.1 Å². The van der Waals surface area contributed by atoms with E-state index in [9.17, 15) is 17.6 Å². The summed E-state index contributed by atoms with van der Waals surface area (Å²) in [4.78, 5) is 0. The third kappa shape index (κ3) is 5.66. The predicted molar refractivity (Wildman–Crippen MR) is 60.0 cm³/mol. The summed E-state index contributed by atoms with van der Waals surface area (Å²) < 4.78 is 52.8. The highest BCUT2D eigenvalue weighted by Gasteiger charge is 2.27. The molecule has 1 aromatic carbocycles. The monoisotopic (exact) mass is 285 g/mol. The lowest BCUT2D eigenvalue weighted by Crippen LogP contribution is -2.24. The number of nitrogens with one attached hydrogen (secondary N) is 1. The van der Waals surface area contributed by atoms with Crippen molar-refractivity contribution in [2.24, 2.45) is 0 Å². The fourth-order valence-electron chi connectivity index (χ4n) is 1.25. The van der Waals surface area contributed by atoms with Crippen molar-refractivity contribution < 1.29 is 22.3 Å². The summed E-state index contributed by atoms with van der Waals surface area (Å²) in [6.45, 7) is -1.07. The van der Waals surface area contributed by atoms with Crippen molar-refractivity contribution in [2.75, 3.05) is 19.8 Å². The highest BCUT2D eigenvalue weighted by molar-refractivity contribution is 6.31. The molecule has 0 spiro atoms. The molecule has 7 heteroatoms. The van der Waals surface area contributed by atoms with Crippen LogP contribution in [0.15, 0.2) is 18.2 Å². The number of rotatable bonds is 6. The molecular formula is C11H12ClF4NO. The zero-order valence-electron chi connectivity index (χ0n) is 9.36. The van der Waals surface area contributed by atoms with Gasteiger partial charge in [-0.2, -0.15) is 13.2 Å². The Kier molecular flexibility index (Phi) is 5.84. The van der Waals surface area contributed by atoms with Gasteiger partial charge in [-0.25, -0.2) is 4.39 Å². The zero-order chi connectivity index (χ0) is 13.6. The van der Waals surface area contributed by atoms with Gasteiger partial charge in [-0.15, -0.1) is 0 Å². The van der Waals surface area contributed by atoms with Gasteiger partial charge in [0.1, 0.15) is 12.4 Å². The van der Waals surface area contributed by atoms with E-state index in [0.29, 0.717) is 0 Å². The van der Waals surface area contributed by atoms with Gasteiger partial charge >= 0.3 is 6.18 Å². The maximum absolute atomic E-state index is 13.3. The van der Waals surface area contributed by atoms with E-state index in [1.54, 1.807) is 6.07 Å². The molecule has 0 fully saturated rings. The Morgan fingerprint density at radius 1 is 1.28 bits per heavy atom. The minimum atomic E-state index is -4.32. The Morgan fingerprint density at radius 2 is 2.00 bits per heavy atom. The quantitative estimate of drug-likeness (QED) is 0.640. The molecule has 0 amide bonds. The molecule has 0 aliphatic rings. The molecule has 1 N–H and O–H groups in total. The third-order valence-electron chi connectivity index (χ3n) is 2.05. The molecule has 0 aromatic heterocycles. The minimum Gasteiger partial charge on any atom is -0.371 e. The van der Waals surface area contributed by atoms with Crippen LogP contribution in [-0.2, 0) is 11.3 Å². The first-order chi connectivity index (χ1) is 8.40. The summed E-state index contributed by atoms with van der Waals surface area (Å²) in [7, 11) is 0. The van der Waals surface area contributed by atoms with Gasteiger partial charge in [0.25, 0.3) is 0 Å². The van der Waals surface area contributed by atoms with Gasteiger partial charge in [0, 0.05) is 23.7 Å². The van der Waals surface area contributed by atoms with Crippen molar-refractivity contribution in [1.29, 1.82) is 0 Å². The van der Waals surface area contributed by atoms with Crippen LogP contribution in [0, 0.1) is 5.82 Å². The van der Waals surface area contributed by atoms with Crippen molar-refractivity contribution in [2.45, 2.75) is 12.7 Å². The molecule has 0 aliphatic carbocycles. The summed E-state index contributed by atoms with van der Waals surface area (Å²) in [5.41, 5.74) is 0.287. The Hall–Kier alpha value is -0.850. The molecule has 1 rings (SSSR count). The second kappa shape index (κ2) is 6.92. The highest BCUT2D eigenvalue weighted by Crippen LogP contribution is 2.18. The largest absolute Gasteiger partial charge is 0.411 e. The van der Waals surface area contributed by atoms with Crippen LogP contribution in [0.5, 0.6) is 0 Å². The van der Waals surface area contributed by atoms with E-state index in [1.807, 2.05) is 0 Å². The third-order valence-corrected chi connectivity index (χ3v) is 2.41. The molecule has 0 saturated carbocycles. The molecule has 0 unspecified atom stereocenters. The Labute approximate surface area is 107 Å². The first-order valence-electron chi connectivity index (χ1n) is 5.18. The maximum atomic E-state index is 13.3. The van der Waals surface area contributed by atoms with E-state index in [1.165, 1.54) is 12.1 Å². The van der Waals surface area contributed by atoms with Crippen LogP contribution in [0.1, 0.15) is 5.56 Å². The maximum Gasteiger partial charge on any atom is 0.411 e. The molecule has 0 radical (unpaired) electrons. The van der Waals surface area contributed by atoms with Crippen LogP contribution in [0.3, 0.4) is 0 Å². The standard InChI is InChI=1S/C11H12ClF4NO/c12-9-2-1-3-10(13)8(9)6-17-4-5-18-7-11(14,15)16/h1-3,17H,4-7H2.